The average molecular weight is 731 g/mol. The van der Waals surface area contributed by atoms with E-state index in [-0.39, 0.29) is 42.3 Å². The normalized spacial score (nSPS) is 17.2. The zero-order valence-electron chi connectivity index (χ0n) is 28.6. The Hall–Kier alpha value is -4.50. The minimum absolute atomic E-state index is 0.0165. The molecule has 270 valence electrons. The van der Waals surface area contributed by atoms with Crippen molar-refractivity contribution in [2.24, 2.45) is 11.5 Å². The van der Waals surface area contributed by atoms with Crippen molar-refractivity contribution in [3.8, 4) is 0 Å². The summed E-state index contributed by atoms with van der Waals surface area (Å²) < 4.78 is 0. The Bertz CT molecular complexity index is 1890. The van der Waals surface area contributed by atoms with Crippen LogP contribution in [0, 0.1) is 0 Å². The maximum atomic E-state index is 13.0. The molecule has 0 aliphatic carbocycles. The van der Waals surface area contributed by atoms with Gasteiger partial charge in [-0.05, 0) is 64.9 Å². The summed E-state index contributed by atoms with van der Waals surface area (Å²) in [5.74, 6) is 0.765. The van der Waals surface area contributed by atoms with Crippen molar-refractivity contribution >= 4 is 81.8 Å². The highest BCUT2D eigenvalue weighted by molar-refractivity contribution is 7.80. The predicted octanol–water partition coefficient (Wildman–Crippen LogP) is 2.55. The third kappa shape index (κ3) is 9.44. The largest absolute Gasteiger partial charge is 0.383 e. The highest BCUT2D eigenvalue weighted by atomic mass is 32.1. The highest BCUT2D eigenvalue weighted by Gasteiger charge is 2.30. The van der Waals surface area contributed by atoms with Gasteiger partial charge in [-0.2, -0.15) is 25.3 Å². The van der Waals surface area contributed by atoms with Crippen molar-refractivity contribution in [2.75, 3.05) is 68.0 Å². The molecule has 14 heteroatoms. The third-order valence-corrected chi connectivity index (χ3v) is 9.85. The number of piperazine rings is 2. The zero-order valence-corrected chi connectivity index (χ0v) is 30.4. The van der Waals surface area contributed by atoms with E-state index < -0.39 is 6.04 Å². The lowest BCUT2D eigenvalue weighted by atomic mass is 10.0. The molecule has 2 fully saturated rings. The number of nitrogens with zero attached hydrogens (tertiary/aromatic N) is 2. The number of nitrogens with one attached hydrogen (secondary N) is 4. The van der Waals surface area contributed by atoms with Crippen molar-refractivity contribution < 1.29 is 19.2 Å². The molecule has 2 aliphatic heterocycles. The molecule has 0 saturated carbocycles. The molecular formula is C37H46N8O4S2. The van der Waals surface area contributed by atoms with E-state index in [1.165, 1.54) is 0 Å². The van der Waals surface area contributed by atoms with E-state index in [4.69, 9.17) is 11.5 Å². The average Bonchev–Trinajstić information content (AvgIpc) is 3.16. The summed E-state index contributed by atoms with van der Waals surface area (Å²) in [6.45, 7) is 5.16. The molecule has 6 rings (SSSR count). The van der Waals surface area contributed by atoms with E-state index in [9.17, 15) is 19.2 Å². The Balaban J connectivity index is 0.000000198. The highest BCUT2D eigenvalue weighted by Crippen LogP contribution is 2.26. The van der Waals surface area contributed by atoms with E-state index in [1.54, 1.807) is 22.8 Å². The smallest absolute Gasteiger partial charge is 0.255 e. The molecule has 4 aromatic carbocycles. The van der Waals surface area contributed by atoms with Crippen molar-refractivity contribution in [2.45, 2.75) is 25.0 Å². The van der Waals surface area contributed by atoms with Crippen LogP contribution in [0.4, 0.5) is 11.4 Å². The van der Waals surface area contributed by atoms with E-state index in [0.717, 1.165) is 32.9 Å². The molecule has 2 heterocycles. The molecule has 2 aliphatic rings. The molecule has 4 amide bonds. The number of rotatable bonds is 10. The van der Waals surface area contributed by atoms with Gasteiger partial charge in [0.15, 0.2) is 0 Å². The van der Waals surface area contributed by atoms with Crippen LogP contribution in [-0.2, 0) is 9.59 Å². The number of thiol groups is 2. The van der Waals surface area contributed by atoms with Gasteiger partial charge in [0.25, 0.3) is 11.8 Å². The van der Waals surface area contributed by atoms with Crippen molar-refractivity contribution in [1.29, 1.82) is 0 Å². The van der Waals surface area contributed by atoms with Gasteiger partial charge in [0.2, 0.25) is 11.8 Å². The summed E-state index contributed by atoms with van der Waals surface area (Å²) >= 11 is 8.36. The Morgan fingerprint density at radius 3 is 1.84 bits per heavy atom. The summed E-state index contributed by atoms with van der Waals surface area (Å²) in [7, 11) is 0. The van der Waals surface area contributed by atoms with Crippen molar-refractivity contribution in [3.05, 3.63) is 83.9 Å². The van der Waals surface area contributed by atoms with Crippen LogP contribution < -0.4 is 32.7 Å². The lowest BCUT2D eigenvalue weighted by molar-refractivity contribution is -0.127. The first-order valence-corrected chi connectivity index (χ1v) is 18.3. The van der Waals surface area contributed by atoms with Crippen LogP contribution in [0.3, 0.4) is 0 Å². The number of anilines is 2. The summed E-state index contributed by atoms with van der Waals surface area (Å²) in [5, 5.41) is 15.8. The molecule has 0 radical (unpaired) electrons. The summed E-state index contributed by atoms with van der Waals surface area (Å²) in [6, 6.07) is 22.5. The number of benzene rings is 4. The van der Waals surface area contributed by atoms with Gasteiger partial charge in [-0.1, -0.05) is 36.4 Å². The molecule has 0 spiro atoms. The van der Waals surface area contributed by atoms with Gasteiger partial charge >= 0.3 is 0 Å². The molecule has 3 unspecified atom stereocenters. The number of fused-ring (bicyclic) bond motifs is 2. The Labute approximate surface area is 308 Å². The number of nitrogens with two attached hydrogens (primary N) is 2. The van der Waals surface area contributed by atoms with E-state index in [0.29, 0.717) is 61.9 Å². The fourth-order valence-electron chi connectivity index (χ4n) is 5.98. The molecule has 0 bridgehead atoms. The van der Waals surface area contributed by atoms with Crippen LogP contribution in [0.25, 0.3) is 21.5 Å². The fraction of sp³-hybridized carbons (Fsp3) is 0.351. The standard InChI is InChI=1S/C19H24N4O2S.C18H22N4O2S/c1-12-18(24)21-7-8-23(12)19(25)17-4-2-3-13-9-15(5-6-16(13)17)22-10-14(20)11-26;19-13(11-25)9-21-14-4-5-15-12(8-14)2-1-3-16(15)18(24)22-7-6-20-17(23)10-22/h2-6,9,12,14,22,26H,7-8,10-11,20H2,1H3,(H,21,24);1-5,8,13,21,25H,6-7,9-11,19H2,(H,20,23). The van der Waals surface area contributed by atoms with E-state index >= 15 is 0 Å². The summed E-state index contributed by atoms with van der Waals surface area (Å²) in [4.78, 5) is 52.4. The second kappa shape index (κ2) is 17.6. The fourth-order valence-corrected chi connectivity index (χ4v) is 6.24. The first-order chi connectivity index (χ1) is 24.6. The molecular weight excluding hydrogens is 685 g/mol. The van der Waals surface area contributed by atoms with Crippen molar-refractivity contribution in [3.63, 3.8) is 0 Å². The van der Waals surface area contributed by atoms with Gasteiger partial charge in [0, 0.05) is 85.4 Å². The lowest BCUT2D eigenvalue weighted by Crippen LogP contribution is -2.55. The third-order valence-electron chi connectivity index (χ3n) is 8.91. The molecule has 3 atom stereocenters. The van der Waals surface area contributed by atoms with Crippen LogP contribution in [0.2, 0.25) is 0 Å². The van der Waals surface area contributed by atoms with Crippen LogP contribution in [0.1, 0.15) is 27.6 Å². The zero-order chi connectivity index (χ0) is 36.5. The minimum Gasteiger partial charge on any atom is -0.383 e. The molecule has 8 N–H and O–H groups in total. The van der Waals surface area contributed by atoms with Gasteiger partial charge in [-0.3, -0.25) is 19.2 Å². The van der Waals surface area contributed by atoms with E-state index in [1.807, 2.05) is 66.7 Å². The van der Waals surface area contributed by atoms with Crippen LogP contribution in [-0.4, -0.2) is 109 Å². The summed E-state index contributed by atoms with van der Waals surface area (Å²) in [6.07, 6.45) is 0. The van der Waals surface area contributed by atoms with Crippen LogP contribution in [0.15, 0.2) is 72.8 Å². The lowest BCUT2D eigenvalue weighted by Gasteiger charge is -2.33. The second-order valence-corrected chi connectivity index (χ2v) is 13.4. The number of carbonyl (C=O) groups excluding carboxylic acids is 4. The molecule has 0 aromatic heterocycles. The van der Waals surface area contributed by atoms with Crippen LogP contribution in [0.5, 0.6) is 0 Å². The Morgan fingerprint density at radius 2 is 1.31 bits per heavy atom. The molecule has 4 aromatic rings. The minimum atomic E-state index is -0.463. The predicted molar refractivity (Wildman–Crippen MR) is 211 cm³/mol. The van der Waals surface area contributed by atoms with Gasteiger partial charge in [-0.15, -0.1) is 0 Å². The quantitative estimate of drug-likeness (QED) is 0.115. The first-order valence-electron chi connectivity index (χ1n) is 17.0. The summed E-state index contributed by atoms with van der Waals surface area (Å²) in [5.41, 5.74) is 14.9. The first kappa shape index (κ1) is 37.7. The maximum Gasteiger partial charge on any atom is 0.255 e. The van der Waals surface area contributed by atoms with Crippen molar-refractivity contribution in [1.82, 2.24) is 20.4 Å². The van der Waals surface area contributed by atoms with E-state index in [2.05, 4.69) is 46.5 Å². The Morgan fingerprint density at radius 1 is 0.784 bits per heavy atom. The SMILES string of the molecule is CC1C(=O)NCCN1C(=O)c1cccc2cc(NCC(N)CS)ccc12.NC(CS)CNc1ccc2c(C(=O)N3CCNC(=O)C3)cccc2c1. The molecule has 51 heavy (non-hydrogen) atoms. The second-order valence-electron chi connectivity index (χ2n) is 12.7. The number of hydrogen-bond acceptors (Lipinski definition) is 10. The van der Waals surface area contributed by atoms with Crippen LogP contribution >= 0.6 is 25.3 Å². The molecule has 2 saturated heterocycles. The van der Waals surface area contributed by atoms with Gasteiger partial charge in [-0.25, -0.2) is 0 Å². The van der Waals surface area contributed by atoms with Gasteiger partial charge < -0.3 is 42.5 Å². The maximum absolute atomic E-state index is 13.0. The topological polar surface area (TPSA) is 175 Å². The van der Waals surface area contributed by atoms with Gasteiger partial charge in [0.1, 0.15) is 6.04 Å². The number of carbonyl (C=O) groups is 4. The monoisotopic (exact) mass is 730 g/mol. The Kier molecular flexibility index (Phi) is 13.0. The number of hydrogen-bond donors (Lipinski definition) is 8. The number of amides is 4. The molecule has 12 nitrogen and oxygen atoms in total. The van der Waals surface area contributed by atoms with Gasteiger partial charge in [0.05, 0.1) is 6.54 Å².